The fourth-order valence-electron chi connectivity index (χ4n) is 2.12. The summed E-state index contributed by atoms with van der Waals surface area (Å²) < 4.78 is 4.85. The highest BCUT2D eigenvalue weighted by Gasteiger charge is 2.28. The average molecular weight is 314 g/mol. The normalized spacial score (nSPS) is 18.5. The largest absolute Gasteiger partial charge is 0.481 e. The predicted octanol–water partition coefficient (Wildman–Crippen LogP) is 0.522. The number of aromatic nitrogens is 2. The quantitative estimate of drug-likeness (QED) is 0.815. The number of carbonyl (C=O) groups excluding carboxylic acids is 1. The van der Waals surface area contributed by atoms with E-state index in [0.717, 1.165) is 5.75 Å². The van der Waals surface area contributed by atoms with Crippen molar-refractivity contribution in [1.82, 2.24) is 20.4 Å². The second-order valence-electron chi connectivity index (χ2n) is 4.73. The Labute approximate surface area is 126 Å². The van der Waals surface area contributed by atoms with Gasteiger partial charge in [-0.2, -0.15) is 16.7 Å². The van der Waals surface area contributed by atoms with Gasteiger partial charge < -0.3 is 19.8 Å². The Kier molecular flexibility index (Phi) is 5.43. The van der Waals surface area contributed by atoms with Crippen molar-refractivity contribution in [1.29, 1.82) is 0 Å². The molecule has 1 aliphatic rings. The number of hydrogen-bond donors (Lipinski definition) is 2. The molecular formula is C12H18N4O4S. The Morgan fingerprint density at radius 3 is 3.05 bits per heavy atom. The molecule has 0 aliphatic carbocycles. The lowest BCUT2D eigenvalue weighted by atomic mass is 10.2. The van der Waals surface area contributed by atoms with Crippen molar-refractivity contribution >= 4 is 23.8 Å². The standard InChI is InChI=1S/C12H18N4O4S/c1-8-14-10(15-20-8)2-3-13-12(19)16-4-5-21-7-9(16)6-11(17)18/h9H,2-7H2,1H3,(H,13,19)(H,17,18). The zero-order valence-corrected chi connectivity index (χ0v) is 12.6. The zero-order valence-electron chi connectivity index (χ0n) is 11.7. The number of carbonyl (C=O) groups is 2. The summed E-state index contributed by atoms with van der Waals surface area (Å²) >= 11 is 1.67. The predicted molar refractivity (Wildman–Crippen MR) is 76.2 cm³/mol. The van der Waals surface area contributed by atoms with Gasteiger partial charge in [-0.25, -0.2) is 4.79 Å². The Hall–Kier alpha value is -1.77. The summed E-state index contributed by atoms with van der Waals surface area (Å²) in [5.41, 5.74) is 0. The van der Waals surface area contributed by atoms with Crippen LogP contribution in [-0.2, 0) is 11.2 Å². The van der Waals surface area contributed by atoms with E-state index in [9.17, 15) is 9.59 Å². The summed E-state index contributed by atoms with van der Waals surface area (Å²) in [6, 6.07) is -0.490. The monoisotopic (exact) mass is 314 g/mol. The van der Waals surface area contributed by atoms with Crippen molar-refractivity contribution in [2.24, 2.45) is 0 Å². The third-order valence-corrected chi connectivity index (χ3v) is 4.18. The van der Waals surface area contributed by atoms with Gasteiger partial charge in [-0.15, -0.1) is 0 Å². The van der Waals surface area contributed by atoms with Crippen LogP contribution in [0.15, 0.2) is 4.52 Å². The van der Waals surface area contributed by atoms with Gasteiger partial charge in [-0.05, 0) is 0 Å². The van der Waals surface area contributed by atoms with E-state index in [4.69, 9.17) is 9.63 Å². The highest BCUT2D eigenvalue weighted by Crippen LogP contribution is 2.19. The van der Waals surface area contributed by atoms with Gasteiger partial charge in [0.2, 0.25) is 5.89 Å². The molecule has 1 saturated heterocycles. The molecule has 0 radical (unpaired) electrons. The molecule has 2 N–H and O–H groups in total. The first-order valence-corrected chi connectivity index (χ1v) is 7.85. The van der Waals surface area contributed by atoms with E-state index >= 15 is 0 Å². The lowest BCUT2D eigenvalue weighted by Gasteiger charge is -2.34. The summed E-state index contributed by atoms with van der Waals surface area (Å²) in [6.07, 6.45) is 0.458. The number of rotatable bonds is 5. The molecular weight excluding hydrogens is 296 g/mol. The number of nitrogens with one attached hydrogen (secondary N) is 1. The maximum Gasteiger partial charge on any atom is 0.317 e. The van der Waals surface area contributed by atoms with Crippen LogP contribution in [0.25, 0.3) is 0 Å². The second-order valence-corrected chi connectivity index (χ2v) is 5.88. The SMILES string of the molecule is Cc1nc(CCNC(=O)N2CCSCC2CC(=O)O)no1. The molecule has 1 aromatic heterocycles. The summed E-state index contributed by atoms with van der Waals surface area (Å²) in [5, 5.41) is 15.4. The van der Waals surface area contributed by atoms with E-state index in [-0.39, 0.29) is 18.5 Å². The van der Waals surface area contributed by atoms with Crippen LogP contribution in [0.1, 0.15) is 18.1 Å². The molecule has 0 saturated carbocycles. The van der Waals surface area contributed by atoms with Gasteiger partial charge in [0.15, 0.2) is 5.82 Å². The van der Waals surface area contributed by atoms with Crippen molar-refractivity contribution in [2.75, 3.05) is 24.6 Å². The molecule has 0 aromatic carbocycles. The Balaban J connectivity index is 1.81. The van der Waals surface area contributed by atoms with E-state index < -0.39 is 5.97 Å². The summed E-state index contributed by atoms with van der Waals surface area (Å²) in [4.78, 5) is 28.6. The highest BCUT2D eigenvalue weighted by molar-refractivity contribution is 7.99. The maximum absolute atomic E-state index is 12.1. The van der Waals surface area contributed by atoms with Crippen LogP contribution in [0.2, 0.25) is 0 Å². The first kappa shape index (κ1) is 15.6. The number of urea groups is 1. The zero-order chi connectivity index (χ0) is 15.2. The van der Waals surface area contributed by atoms with Crippen LogP contribution in [0, 0.1) is 6.92 Å². The number of carboxylic acid groups (broad SMARTS) is 1. The Morgan fingerprint density at radius 1 is 1.57 bits per heavy atom. The van der Waals surface area contributed by atoms with Gasteiger partial charge in [-0.3, -0.25) is 4.79 Å². The van der Waals surface area contributed by atoms with E-state index in [1.54, 1.807) is 23.6 Å². The summed E-state index contributed by atoms with van der Waals surface area (Å²) in [6.45, 7) is 2.66. The van der Waals surface area contributed by atoms with Crippen molar-refractivity contribution in [3.8, 4) is 0 Å². The molecule has 1 aliphatic heterocycles. The smallest absolute Gasteiger partial charge is 0.317 e. The number of hydrogen-bond acceptors (Lipinski definition) is 6. The molecule has 0 spiro atoms. The highest BCUT2D eigenvalue weighted by atomic mass is 32.2. The molecule has 1 atom stereocenters. The first-order chi connectivity index (χ1) is 10.1. The van der Waals surface area contributed by atoms with Crippen LogP contribution in [-0.4, -0.2) is 62.8 Å². The van der Waals surface area contributed by atoms with Crippen LogP contribution < -0.4 is 5.32 Å². The molecule has 8 nitrogen and oxygen atoms in total. The molecule has 2 rings (SSSR count). The molecule has 1 fully saturated rings. The fraction of sp³-hybridized carbons (Fsp3) is 0.667. The fourth-order valence-corrected chi connectivity index (χ4v) is 3.18. The minimum Gasteiger partial charge on any atom is -0.481 e. The van der Waals surface area contributed by atoms with E-state index in [1.807, 2.05) is 0 Å². The minimum atomic E-state index is -0.887. The van der Waals surface area contributed by atoms with Gasteiger partial charge in [0.05, 0.1) is 12.5 Å². The third-order valence-electron chi connectivity index (χ3n) is 3.09. The van der Waals surface area contributed by atoms with Crippen LogP contribution in [0.5, 0.6) is 0 Å². The molecule has 9 heteroatoms. The molecule has 1 unspecified atom stereocenters. The number of thioether (sulfide) groups is 1. The Bertz CT molecular complexity index is 507. The van der Waals surface area contributed by atoms with Gasteiger partial charge in [0.1, 0.15) is 0 Å². The number of nitrogens with zero attached hydrogens (tertiary/aromatic N) is 3. The van der Waals surface area contributed by atoms with Crippen molar-refractivity contribution in [2.45, 2.75) is 25.8 Å². The van der Waals surface area contributed by atoms with Crippen molar-refractivity contribution in [3.05, 3.63) is 11.7 Å². The summed E-state index contributed by atoms with van der Waals surface area (Å²) in [5.74, 6) is 1.63. The molecule has 1 aromatic rings. The molecule has 0 bridgehead atoms. The first-order valence-electron chi connectivity index (χ1n) is 6.69. The van der Waals surface area contributed by atoms with Gasteiger partial charge in [0.25, 0.3) is 0 Å². The molecule has 21 heavy (non-hydrogen) atoms. The number of aliphatic carboxylic acids is 1. The van der Waals surface area contributed by atoms with Gasteiger partial charge in [0, 0.05) is 37.9 Å². The molecule has 2 amide bonds. The number of aryl methyl sites for hydroxylation is 1. The van der Waals surface area contributed by atoms with Crippen molar-refractivity contribution in [3.63, 3.8) is 0 Å². The number of carboxylic acids is 1. The van der Waals surface area contributed by atoms with Crippen LogP contribution in [0.3, 0.4) is 0 Å². The van der Waals surface area contributed by atoms with Crippen LogP contribution >= 0.6 is 11.8 Å². The van der Waals surface area contributed by atoms with E-state index in [1.165, 1.54) is 0 Å². The van der Waals surface area contributed by atoms with Gasteiger partial charge in [-0.1, -0.05) is 5.16 Å². The summed E-state index contributed by atoms with van der Waals surface area (Å²) in [7, 11) is 0. The molecule has 116 valence electrons. The topological polar surface area (TPSA) is 109 Å². The Morgan fingerprint density at radius 2 is 2.38 bits per heavy atom. The molecule has 2 heterocycles. The lowest BCUT2D eigenvalue weighted by Crippen LogP contribution is -2.51. The van der Waals surface area contributed by atoms with Gasteiger partial charge >= 0.3 is 12.0 Å². The van der Waals surface area contributed by atoms with Crippen molar-refractivity contribution < 1.29 is 19.2 Å². The number of amides is 2. The minimum absolute atomic E-state index is 0.0234. The third kappa shape index (κ3) is 4.62. The van der Waals surface area contributed by atoms with E-state index in [2.05, 4.69) is 15.5 Å². The van der Waals surface area contributed by atoms with E-state index in [0.29, 0.717) is 37.0 Å². The average Bonchev–Trinajstić information content (AvgIpc) is 2.84. The second kappa shape index (κ2) is 7.30. The maximum atomic E-state index is 12.1. The van der Waals surface area contributed by atoms with Crippen LogP contribution in [0.4, 0.5) is 4.79 Å². The lowest BCUT2D eigenvalue weighted by molar-refractivity contribution is -0.137.